The Morgan fingerprint density at radius 1 is 0.524 bits per heavy atom. The Kier molecular flexibility index (Phi) is 11.4. The molecule has 2 aromatic heterocycles. The second kappa shape index (κ2) is 16.3. The van der Waals surface area contributed by atoms with E-state index in [4.69, 9.17) is 4.98 Å². The molecule has 0 N–H and O–H groups in total. The van der Waals surface area contributed by atoms with Gasteiger partial charge in [0.1, 0.15) is 5.82 Å². The third kappa shape index (κ3) is 8.17. The van der Waals surface area contributed by atoms with E-state index in [2.05, 4.69) is 243 Å². The third-order valence-corrected chi connectivity index (χ3v) is 12.8. The Morgan fingerprint density at radius 2 is 1.16 bits per heavy atom. The molecule has 63 heavy (non-hydrogen) atoms. The number of hydrogen-bond donors (Lipinski definition) is 0. The Labute approximate surface area is 390 Å². The molecule has 0 fully saturated rings. The van der Waals surface area contributed by atoms with E-state index in [0.717, 1.165) is 39.4 Å². The first kappa shape index (κ1) is 44.2. The Hall–Kier alpha value is -5.44. The van der Waals surface area contributed by atoms with Crippen LogP contribution in [-0.4, -0.2) is 9.55 Å². The summed E-state index contributed by atoms with van der Waals surface area (Å²) in [5.74, 6) is 0.894. The summed E-state index contributed by atoms with van der Waals surface area (Å²) in [5.41, 5.74) is 15.0. The molecule has 1 aliphatic heterocycles. The topological polar surface area (TPSA) is 24.3 Å². The van der Waals surface area contributed by atoms with Crippen LogP contribution in [0.25, 0.3) is 27.6 Å². The summed E-state index contributed by atoms with van der Waals surface area (Å²) in [7, 11) is 0. The summed E-state index contributed by atoms with van der Waals surface area (Å²) in [6.07, 6.45) is 2.64. The standard InChI is InChI=1S/C58H59N4.Pt/c1-55(2,3)43-33-40(34-44(36-43)60-38-61(51-27-18-17-26-50(51)60)54-47(56(4,5)6)23-19-24-48(54)57(7,8)9)32-39-28-29-46-45-22-15-16-25-49(45)62(52(46)35-39)53-37-42(30-31-59-53)58(10,11)41-20-13-12-14-21-41;/h12-31,33,36-38H,32H2,1-11H3;/q-3;. The van der Waals surface area contributed by atoms with Gasteiger partial charge in [-0.25, -0.2) is 4.98 Å². The zero-order chi connectivity index (χ0) is 43.8. The van der Waals surface area contributed by atoms with Gasteiger partial charge >= 0.3 is 0 Å². The van der Waals surface area contributed by atoms with E-state index in [1.165, 1.54) is 50.0 Å². The van der Waals surface area contributed by atoms with Crippen molar-refractivity contribution in [3.63, 3.8) is 0 Å². The minimum absolute atomic E-state index is 0. The van der Waals surface area contributed by atoms with Gasteiger partial charge < -0.3 is 14.4 Å². The maximum absolute atomic E-state index is 5.00. The molecule has 0 radical (unpaired) electrons. The van der Waals surface area contributed by atoms with Crippen molar-refractivity contribution < 1.29 is 21.1 Å². The molecule has 8 aromatic rings. The molecule has 0 bridgehead atoms. The first-order valence-corrected chi connectivity index (χ1v) is 22.1. The summed E-state index contributed by atoms with van der Waals surface area (Å²) in [6, 6.07) is 56.5. The molecular formula is C58H59N4Pt-3. The normalized spacial score (nSPS) is 13.4. The van der Waals surface area contributed by atoms with Crippen LogP contribution in [0.2, 0.25) is 0 Å². The van der Waals surface area contributed by atoms with Gasteiger partial charge in [-0.15, -0.1) is 23.8 Å². The molecular weight excluding hydrogens is 948 g/mol. The molecule has 1 aliphatic rings. The number of aromatic nitrogens is 2. The largest absolute Gasteiger partial charge is 0.493 e. The average Bonchev–Trinajstić information content (AvgIpc) is 3.79. The molecule has 5 heteroatoms. The number of fused-ring (bicyclic) bond motifs is 4. The number of hydrogen-bond acceptors (Lipinski definition) is 3. The molecule has 324 valence electrons. The van der Waals surface area contributed by atoms with Gasteiger partial charge in [-0.05, 0) is 80.6 Å². The Balaban J connectivity index is 0.00000544. The van der Waals surface area contributed by atoms with Crippen LogP contribution in [0.1, 0.15) is 115 Å². The minimum atomic E-state index is -0.201. The van der Waals surface area contributed by atoms with E-state index >= 15 is 0 Å². The molecule has 3 heterocycles. The van der Waals surface area contributed by atoms with Crippen molar-refractivity contribution >= 4 is 44.6 Å². The fraction of sp³-hybridized carbons (Fsp3) is 0.276. The number of nitrogens with zero attached hydrogens (tertiary/aromatic N) is 4. The maximum atomic E-state index is 5.00. The van der Waals surface area contributed by atoms with Crippen molar-refractivity contribution in [1.82, 2.24) is 9.55 Å². The van der Waals surface area contributed by atoms with Crippen molar-refractivity contribution in [3.8, 4) is 5.82 Å². The average molecular weight is 1010 g/mol. The van der Waals surface area contributed by atoms with Crippen LogP contribution in [0.15, 0.2) is 140 Å². The number of anilines is 4. The second-order valence-corrected chi connectivity index (χ2v) is 20.7. The van der Waals surface area contributed by atoms with Crippen LogP contribution in [0, 0.1) is 18.8 Å². The quantitative estimate of drug-likeness (QED) is 0.149. The van der Waals surface area contributed by atoms with Crippen LogP contribution in [0.3, 0.4) is 0 Å². The molecule has 0 atom stereocenters. The summed E-state index contributed by atoms with van der Waals surface area (Å²) in [5, 5.41) is 2.36. The predicted octanol–water partition coefficient (Wildman–Crippen LogP) is 15.0. The summed E-state index contributed by atoms with van der Waals surface area (Å²) in [6.45, 7) is 27.7. The van der Waals surface area contributed by atoms with Gasteiger partial charge in [0.05, 0.1) is 0 Å². The van der Waals surface area contributed by atoms with Crippen LogP contribution in [0.4, 0.5) is 22.7 Å². The minimum Gasteiger partial charge on any atom is -0.493 e. The zero-order valence-corrected chi connectivity index (χ0v) is 40.9. The van der Waals surface area contributed by atoms with Crippen molar-refractivity contribution in [3.05, 3.63) is 197 Å². The molecule has 0 aliphatic carbocycles. The van der Waals surface area contributed by atoms with Gasteiger partial charge in [0.25, 0.3) is 0 Å². The molecule has 0 saturated heterocycles. The van der Waals surface area contributed by atoms with Crippen molar-refractivity contribution in [2.24, 2.45) is 0 Å². The van der Waals surface area contributed by atoms with Gasteiger partial charge in [0.2, 0.25) is 0 Å². The number of rotatable bonds is 7. The molecule has 0 saturated carbocycles. The zero-order valence-electron chi connectivity index (χ0n) is 38.7. The predicted molar refractivity (Wildman–Crippen MR) is 262 cm³/mol. The number of benzene rings is 6. The molecule has 4 nitrogen and oxygen atoms in total. The van der Waals surface area contributed by atoms with Gasteiger partial charge in [0, 0.05) is 55.3 Å². The van der Waals surface area contributed by atoms with Crippen LogP contribution in [0.5, 0.6) is 0 Å². The van der Waals surface area contributed by atoms with Gasteiger partial charge in [0.15, 0.2) is 0 Å². The van der Waals surface area contributed by atoms with E-state index in [9.17, 15) is 0 Å². The first-order chi connectivity index (χ1) is 29.4. The molecule has 9 rings (SSSR count). The third-order valence-electron chi connectivity index (χ3n) is 12.8. The number of pyridine rings is 1. The van der Waals surface area contributed by atoms with Gasteiger partial charge in [-0.2, -0.15) is 47.0 Å². The van der Waals surface area contributed by atoms with Crippen LogP contribution >= 0.6 is 0 Å². The second-order valence-electron chi connectivity index (χ2n) is 20.7. The van der Waals surface area contributed by atoms with Gasteiger partial charge in [-0.1, -0.05) is 161 Å². The fourth-order valence-corrected chi connectivity index (χ4v) is 9.20. The maximum Gasteiger partial charge on any atom is 0.135 e. The SMILES string of the molecule is CC(C)(C)c1cc(Cc2[c-]c3c(cc2)c2ccccc2n3-c2cc(C(C)(C)c3ccccc3)ccn2)[c-]c(N2[CH-]N(c3c(C(C)(C)C)cccc3C(C)(C)C)c3ccccc32)c1.[Pt]. The van der Waals surface area contributed by atoms with E-state index in [1.54, 1.807) is 0 Å². The molecule has 6 aromatic carbocycles. The van der Waals surface area contributed by atoms with E-state index in [-0.39, 0.29) is 42.7 Å². The van der Waals surface area contributed by atoms with Crippen molar-refractivity contribution in [2.45, 2.75) is 104 Å². The number of para-hydroxylation sites is 4. The summed E-state index contributed by atoms with van der Waals surface area (Å²) >= 11 is 0. The fourth-order valence-electron chi connectivity index (χ4n) is 9.20. The molecule has 0 amide bonds. The van der Waals surface area contributed by atoms with Crippen LogP contribution in [-0.2, 0) is 49.1 Å². The van der Waals surface area contributed by atoms with Gasteiger partial charge in [-0.3, -0.25) is 0 Å². The summed E-state index contributed by atoms with van der Waals surface area (Å²) < 4.78 is 2.30. The smallest absolute Gasteiger partial charge is 0.135 e. The summed E-state index contributed by atoms with van der Waals surface area (Å²) in [4.78, 5) is 9.78. The Bertz CT molecular complexity index is 2920. The van der Waals surface area contributed by atoms with E-state index in [0.29, 0.717) is 6.42 Å². The van der Waals surface area contributed by atoms with Crippen molar-refractivity contribution in [1.29, 1.82) is 0 Å². The van der Waals surface area contributed by atoms with E-state index in [1.807, 2.05) is 6.20 Å². The molecule has 0 unspecified atom stereocenters. The van der Waals surface area contributed by atoms with Crippen LogP contribution < -0.4 is 9.80 Å². The molecule has 0 spiro atoms. The monoisotopic (exact) mass is 1010 g/mol. The Morgan fingerprint density at radius 3 is 1.83 bits per heavy atom. The first-order valence-electron chi connectivity index (χ1n) is 22.1. The van der Waals surface area contributed by atoms with E-state index < -0.39 is 0 Å². The van der Waals surface area contributed by atoms with Crippen molar-refractivity contribution in [2.75, 3.05) is 9.80 Å².